The zero-order valence-corrected chi connectivity index (χ0v) is 7.36. The highest BCUT2D eigenvalue weighted by molar-refractivity contribution is 5.25. The van der Waals surface area contributed by atoms with E-state index in [1.807, 2.05) is 0 Å². The van der Waals surface area contributed by atoms with Crippen molar-refractivity contribution in [1.29, 1.82) is 0 Å². The van der Waals surface area contributed by atoms with Gasteiger partial charge in [-0.3, -0.25) is 0 Å². The summed E-state index contributed by atoms with van der Waals surface area (Å²) in [6.07, 6.45) is 13.6. The number of ether oxygens (including phenoxy) is 1. The SMILES string of the molecule is COC1=CC2C=CCCC2C=C1. The molecule has 2 atom stereocenters. The van der Waals surface area contributed by atoms with Crippen molar-refractivity contribution >= 4 is 0 Å². The molecule has 2 unspecified atom stereocenters. The third-order valence-electron chi connectivity index (χ3n) is 2.62. The molecule has 12 heavy (non-hydrogen) atoms. The summed E-state index contributed by atoms with van der Waals surface area (Å²) in [5, 5.41) is 0. The third-order valence-corrected chi connectivity index (χ3v) is 2.62. The molecule has 1 heteroatoms. The van der Waals surface area contributed by atoms with Gasteiger partial charge in [0.1, 0.15) is 5.76 Å². The van der Waals surface area contributed by atoms with Crippen molar-refractivity contribution in [2.75, 3.05) is 7.11 Å². The lowest BCUT2D eigenvalue weighted by Gasteiger charge is -2.25. The number of rotatable bonds is 1. The molecule has 0 aromatic rings. The van der Waals surface area contributed by atoms with E-state index in [1.165, 1.54) is 12.8 Å². The van der Waals surface area contributed by atoms with Crippen LogP contribution in [0.15, 0.2) is 36.1 Å². The minimum Gasteiger partial charge on any atom is -0.497 e. The van der Waals surface area contributed by atoms with Gasteiger partial charge in [-0.2, -0.15) is 0 Å². The Bertz CT molecular complexity index is 248. The standard InChI is InChI=1S/C11H14O/c1-12-11-7-6-9-4-2-3-5-10(9)8-11/h3,5-10H,2,4H2,1H3. The van der Waals surface area contributed by atoms with Crippen LogP contribution in [0.5, 0.6) is 0 Å². The van der Waals surface area contributed by atoms with Crippen LogP contribution in [0.4, 0.5) is 0 Å². The Kier molecular flexibility index (Phi) is 2.03. The Labute approximate surface area is 73.4 Å². The molecule has 0 aromatic heterocycles. The third kappa shape index (κ3) is 1.31. The normalized spacial score (nSPS) is 32.6. The first kappa shape index (κ1) is 7.66. The average Bonchev–Trinajstić information content (AvgIpc) is 2.17. The van der Waals surface area contributed by atoms with Crippen molar-refractivity contribution in [3.05, 3.63) is 36.1 Å². The lowest BCUT2D eigenvalue weighted by Crippen LogP contribution is -2.15. The molecule has 0 saturated heterocycles. The molecular weight excluding hydrogens is 148 g/mol. The Morgan fingerprint density at radius 3 is 3.17 bits per heavy atom. The van der Waals surface area contributed by atoms with Gasteiger partial charge in [0.2, 0.25) is 0 Å². The molecule has 0 spiro atoms. The predicted octanol–water partition coefficient (Wildman–Crippen LogP) is 2.67. The lowest BCUT2D eigenvalue weighted by atomic mass is 9.81. The monoisotopic (exact) mass is 162 g/mol. The van der Waals surface area contributed by atoms with Gasteiger partial charge in [-0.15, -0.1) is 0 Å². The first-order valence-corrected chi connectivity index (χ1v) is 4.51. The van der Waals surface area contributed by atoms with Crippen molar-refractivity contribution in [2.24, 2.45) is 11.8 Å². The zero-order chi connectivity index (χ0) is 8.39. The van der Waals surface area contributed by atoms with Gasteiger partial charge < -0.3 is 4.74 Å². The van der Waals surface area contributed by atoms with Gasteiger partial charge in [-0.05, 0) is 30.9 Å². The first-order valence-electron chi connectivity index (χ1n) is 4.51. The summed E-state index contributed by atoms with van der Waals surface area (Å²) in [4.78, 5) is 0. The van der Waals surface area contributed by atoms with Crippen molar-refractivity contribution < 1.29 is 4.74 Å². The number of methoxy groups -OCH3 is 1. The smallest absolute Gasteiger partial charge is 0.115 e. The van der Waals surface area contributed by atoms with Crippen LogP contribution in [0.3, 0.4) is 0 Å². The van der Waals surface area contributed by atoms with Gasteiger partial charge >= 0.3 is 0 Å². The Hall–Kier alpha value is -0.980. The largest absolute Gasteiger partial charge is 0.497 e. The fourth-order valence-electron chi connectivity index (χ4n) is 1.88. The van der Waals surface area contributed by atoms with E-state index in [0.29, 0.717) is 11.8 Å². The van der Waals surface area contributed by atoms with Crippen LogP contribution >= 0.6 is 0 Å². The maximum Gasteiger partial charge on any atom is 0.115 e. The van der Waals surface area contributed by atoms with E-state index in [1.54, 1.807) is 7.11 Å². The van der Waals surface area contributed by atoms with E-state index in [4.69, 9.17) is 4.74 Å². The molecule has 0 heterocycles. The highest BCUT2D eigenvalue weighted by Gasteiger charge is 2.20. The van der Waals surface area contributed by atoms with Gasteiger partial charge in [0, 0.05) is 5.92 Å². The van der Waals surface area contributed by atoms with E-state index in [2.05, 4.69) is 30.4 Å². The predicted molar refractivity (Wildman–Crippen MR) is 49.6 cm³/mol. The van der Waals surface area contributed by atoms with Crippen LogP contribution in [0.2, 0.25) is 0 Å². The minimum absolute atomic E-state index is 0.582. The zero-order valence-electron chi connectivity index (χ0n) is 7.36. The molecule has 0 N–H and O–H groups in total. The molecule has 1 nitrogen and oxygen atoms in total. The topological polar surface area (TPSA) is 9.23 Å². The van der Waals surface area contributed by atoms with E-state index in [9.17, 15) is 0 Å². The number of hydrogen-bond acceptors (Lipinski definition) is 1. The van der Waals surface area contributed by atoms with Gasteiger partial charge in [-0.1, -0.05) is 18.2 Å². The highest BCUT2D eigenvalue weighted by Crippen LogP contribution is 2.31. The van der Waals surface area contributed by atoms with Crippen molar-refractivity contribution in [3.8, 4) is 0 Å². The van der Waals surface area contributed by atoms with Gasteiger partial charge in [0.25, 0.3) is 0 Å². The average molecular weight is 162 g/mol. The molecular formula is C11H14O. The molecule has 0 aromatic carbocycles. The maximum atomic E-state index is 5.18. The van der Waals surface area contributed by atoms with E-state index >= 15 is 0 Å². The summed E-state index contributed by atoms with van der Waals surface area (Å²) in [5.41, 5.74) is 0. The molecule has 2 aliphatic carbocycles. The fourth-order valence-corrected chi connectivity index (χ4v) is 1.88. The molecule has 64 valence electrons. The van der Waals surface area contributed by atoms with Gasteiger partial charge in [-0.25, -0.2) is 0 Å². The second kappa shape index (κ2) is 3.18. The molecule has 0 amide bonds. The summed E-state index contributed by atoms with van der Waals surface area (Å²) >= 11 is 0. The van der Waals surface area contributed by atoms with Crippen LogP contribution in [0.1, 0.15) is 12.8 Å². The Morgan fingerprint density at radius 2 is 2.33 bits per heavy atom. The van der Waals surface area contributed by atoms with Crippen LogP contribution in [0.25, 0.3) is 0 Å². The first-order chi connectivity index (χ1) is 5.90. The summed E-state index contributed by atoms with van der Waals surface area (Å²) < 4.78 is 5.18. The van der Waals surface area contributed by atoms with Crippen LogP contribution in [0, 0.1) is 11.8 Å². The van der Waals surface area contributed by atoms with E-state index in [0.717, 1.165) is 5.76 Å². The van der Waals surface area contributed by atoms with Gasteiger partial charge in [0.15, 0.2) is 0 Å². The maximum absolute atomic E-state index is 5.18. The van der Waals surface area contributed by atoms with Crippen molar-refractivity contribution in [1.82, 2.24) is 0 Å². The summed E-state index contributed by atoms with van der Waals surface area (Å²) in [6, 6.07) is 0. The molecule has 0 aliphatic heterocycles. The number of allylic oxidation sites excluding steroid dienone is 5. The molecule has 0 radical (unpaired) electrons. The summed E-state index contributed by atoms with van der Waals surface area (Å²) in [7, 11) is 1.73. The molecule has 0 bridgehead atoms. The molecule has 2 rings (SSSR count). The fraction of sp³-hybridized carbons (Fsp3) is 0.455. The number of hydrogen-bond donors (Lipinski definition) is 0. The van der Waals surface area contributed by atoms with Gasteiger partial charge in [0.05, 0.1) is 7.11 Å². The molecule has 2 aliphatic rings. The van der Waals surface area contributed by atoms with Crippen molar-refractivity contribution in [3.63, 3.8) is 0 Å². The van der Waals surface area contributed by atoms with E-state index in [-0.39, 0.29) is 0 Å². The molecule has 0 fully saturated rings. The Balaban J connectivity index is 2.19. The van der Waals surface area contributed by atoms with Crippen LogP contribution < -0.4 is 0 Å². The summed E-state index contributed by atoms with van der Waals surface area (Å²) in [6.45, 7) is 0. The van der Waals surface area contributed by atoms with Crippen molar-refractivity contribution in [2.45, 2.75) is 12.8 Å². The van der Waals surface area contributed by atoms with Crippen LogP contribution in [-0.2, 0) is 4.74 Å². The van der Waals surface area contributed by atoms with Crippen LogP contribution in [-0.4, -0.2) is 7.11 Å². The second-order valence-corrected chi connectivity index (χ2v) is 3.38. The lowest BCUT2D eigenvalue weighted by molar-refractivity contribution is 0.295. The quantitative estimate of drug-likeness (QED) is 0.539. The number of fused-ring (bicyclic) bond motifs is 1. The highest BCUT2D eigenvalue weighted by atomic mass is 16.5. The molecule has 0 saturated carbocycles. The second-order valence-electron chi connectivity index (χ2n) is 3.38. The van der Waals surface area contributed by atoms with E-state index < -0.39 is 0 Å². The summed E-state index contributed by atoms with van der Waals surface area (Å²) in [5.74, 6) is 2.30. The minimum atomic E-state index is 0.582. The Morgan fingerprint density at radius 1 is 1.42 bits per heavy atom.